The molecule has 148 valence electrons. The summed E-state index contributed by atoms with van der Waals surface area (Å²) in [5.41, 5.74) is 1.24. The van der Waals surface area contributed by atoms with Crippen LogP contribution in [0.4, 0.5) is 9.18 Å². The second-order valence-corrected chi connectivity index (χ2v) is 6.61. The fourth-order valence-corrected chi connectivity index (χ4v) is 3.22. The Bertz CT molecular complexity index is 879. The molecule has 1 aromatic carbocycles. The molecule has 1 aromatic heterocycles. The van der Waals surface area contributed by atoms with Crippen LogP contribution in [0, 0.1) is 5.82 Å². The molecule has 0 aliphatic carbocycles. The van der Waals surface area contributed by atoms with Gasteiger partial charge in [0.25, 0.3) is 5.88 Å². The third-order valence-electron chi connectivity index (χ3n) is 4.76. The molecule has 2 aliphatic rings. The molecule has 1 fully saturated rings. The van der Waals surface area contributed by atoms with Gasteiger partial charge in [-0.25, -0.2) is 9.78 Å². The van der Waals surface area contributed by atoms with Crippen molar-refractivity contribution in [2.24, 2.45) is 0 Å². The number of nitrogens with zero attached hydrogens (tertiary/aromatic N) is 3. The molecule has 4 rings (SSSR count). The number of likely N-dealkylation sites (tertiary alicyclic amines) is 1. The molecule has 1 unspecified atom stereocenters. The van der Waals surface area contributed by atoms with Gasteiger partial charge in [-0.05, 0) is 24.1 Å². The Morgan fingerprint density at radius 3 is 3.07 bits per heavy atom. The highest BCUT2D eigenvalue weighted by Crippen LogP contribution is 2.32. The zero-order valence-electron chi connectivity index (χ0n) is 15.5. The van der Waals surface area contributed by atoms with Crippen molar-refractivity contribution < 1.29 is 23.4 Å². The van der Waals surface area contributed by atoms with E-state index in [2.05, 4.69) is 15.3 Å². The van der Waals surface area contributed by atoms with Crippen LogP contribution < -0.4 is 19.5 Å². The molecule has 0 radical (unpaired) electrons. The maximum absolute atomic E-state index is 14.2. The molecule has 0 spiro atoms. The lowest BCUT2D eigenvalue weighted by Crippen LogP contribution is -2.39. The van der Waals surface area contributed by atoms with E-state index in [0.717, 1.165) is 5.56 Å². The number of rotatable bonds is 5. The molecular weight excluding hydrogens is 367 g/mol. The van der Waals surface area contributed by atoms with Crippen molar-refractivity contribution in [3.63, 3.8) is 0 Å². The number of hydrogen-bond donors (Lipinski definition) is 1. The van der Waals surface area contributed by atoms with E-state index in [4.69, 9.17) is 14.2 Å². The van der Waals surface area contributed by atoms with Crippen LogP contribution in [0.5, 0.6) is 17.4 Å². The lowest BCUT2D eigenvalue weighted by molar-refractivity contribution is 0.174. The number of hydrogen-bond acceptors (Lipinski definition) is 6. The minimum absolute atomic E-state index is 0.0560. The van der Waals surface area contributed by atoms with Crippen molar-refractivity contribution in [1.82, 2.24) is 20.2 Å². The Balaban J connectivity index is 1.30. The Hall–Kier alpha value is -3.10. The quantitative estimate of drug-likeness (QED) is 0.846. The predicted octanol–water partition coefficient (Wildman–Crippen LogP) is 2.27. The zero-order chi connectivity index (χ0) is 19.5. The molecule has 3 heterocycles. The van der Waals surface area contributed by atoms with Crippen molar-refractivity contribution >= 4 is 6.03 Å². The zero-order valence-corrected chi connectivity index (χ0v) is 15.5. The van der Waals surface area contributed by atoms with Crippen LogP contribution in [0.2, 0.25) is 0 Å². The van der Waals surface area contributed by atoms with Gasteiger partial charge in [-0.1, -0.05) is 13.0 Å². The van der Waals surface area contributed by atoms with Crippen LogP contribution in [-0.4, -0.2) is 46.9 Å². The minimum atomic E-state index is -0.532. The number of halogens is 1. The fourth-order valence-electron chi connectivity index (χ4n) is 3.22. The van der Waals surface area contributed by atoms with Gasteiger partial charge in [0.2, 0.25) is 12.6 Å². The van der Waals surface area contributed by atoms with E-state index in [1.807, 2.05) is 25.1 Å². The van der Waals surface area contributed by atoms with Gasteiger partial charge in [0.1, 0.15) is 12.4 Å². The van der Waals surface area contributed by atoms with E-state index < -0.39 is 5.82 Å². The highest BCUT2D eigenvalue weighted by Gasteiger charge is 2.29. The van der Waals surface area contributed by atoms with Crippen molar-refractivity contribution in [3.05, 3.63) is 41.6 Å². The van der Waals surface area contributed by atoms with Gasteiger partial charge in [-0.2, -0.15) is 9.37 Å². The summed E-state index contributed by atoms with van der Waals surface area (Å²) in [4.78, 5) is 21.8. The molecular formula is C19H21FN4O4. The first-order valence-corrected chi connectivity index (χ1v) is 9.21. The van der Waals surface area contributed by atoms with Crippen molar-refractivity contribution in [2.75, 3.05) is 19.9 Å². The largest absolute Gasteiger partial charge is 0.470 e. The summed E-state index contributed by atoms with van der Waals surface area (Å²) >= 11 is 0. The lowest BCUT2D eigenvalue weighted by atomic mass is 10.2. The average Bonchev–Trinajstić information content (AvgIpc) is 3.36. The SMILES string of the molecule is CCc1ncnc(OC2CCN(C(=O)NCc3ccc4c(c3)OCO4)C2)c1F. The maximum atomic E-state index is 14.2. The highest BCUT2D eigenvalue weighted by molar-refractivity contribution is 5.74. The topological polar surface area (TPSA) is 85.8 Å². The van der Waals surface area contributed by atoms with Crippen LogP contribution in [-0.2, 0) is 13.0 Å². The number of amides is 2. The van der Waals surface area contributed by atoms with Crippen molar-refractivity contribution in [3.8, 4) is 17.4 Å². The Labute approximate surface area is 161 Å². The molecule has 9 heteroatoms. The molecule has 2 aromatic rings. The third-order valence-corrected chi connectivity index (χ3v) is 4.76. The summed E-state index contributed by atoms with van der Waals surface area (Å²) < 4.78 is 30.5. The molecule has 0 saturated carbocycles. The summed E-state index contributed by atoms with van der Waals surface area (Å²) in [6, 6.07) is 5.36. The lowest BCUT2D eigenvalue weighted by Gasteiger charge is -2.18. The second kappa shape index (κ2) is 7.87. The standard InChI is InChI=1S/C19H21FN4O4/c1-2-14-17(20)18(23-10-22-14)28-13-5-6-24(9-13)19(25)21-8-12-3-4-15-16(7-12)27-11-26-15/h3-4,7,10,13H,2,5-6,8-9,11H2,1H3,(H,21,25). The van der Waals surface area contributed by atoms with Gasteiger partial charge < -0.3 is 24.4 Å². The normalized spacial score (nSPS) is 17.6. The number of aryl methyl sites for hydroxylation is 1. The smallest absolute Gasteiger partial charge is 0.317 e. The summed E-state index contributed by atoms with van der Waals surface area (Å²) in [7, 11) is 0. The summed E-state index contributed by atoms with van der Waals surface area (Å²) in [6.07, 6.45) is 2.07. The Morgan fingerprint density at radius 1 is 1.36 bits per heavy atom. The van der Waals surface area contributed by atoms with E-state index >= 15 is 0 Å². The van der Waals surface area contributed by atoms with E-state index in [9.17, 15) is 9.18 Å². The summed E-state index contributed by atoms with van der Waals surface area (Å²) in [6.45, 7) is 3.31. The number of aromatic nitrogens is 2. The first-order valence-electron chi connectivity index (χ1n) is 9.21. The number of benzene rings is 1. The maximum Gasteiger partial charge on any atom is 0.317 e. The number of urea groups is 1. The predicted molar refractivity (Wildman–Crippen MR) is 96.8 cm³/mol. The van der Waals surface area contributed by atoms with Crippen LogP contribution in [0.15, 0.2) is 24.5 Å². The third kappa shape index (κ3) is 3.78. The van der Waals surface area contributed by atoms with Gasteiger partial charge in [0.05, 0.1) is 12.2 Å². The number of carbonyl (C=O) groups is 1. The molecule has 2 amide bonds. The van der Waals surface area contributed by atoms with Gasteiger partial charge >= 0.3 is 6.03 Å². The van der Waals surface area contributed by atoms with Gasteiger partial charge in [0.15, 0.2) is 11.5 Å². The van der Waals surface area contributed by atoms with Crippen molar-refractivity contribution in [2.45, 2.75) is 32.4 Å². The van der Waals surface area contributed by atoms with E-state index in [0.29, 0.717) is 49.7 Å². The Kier molecular flexibility index (Phi) is 5.14. The highest BCUT2D eigenvalue weighted by atomic mass is 19.1. The molecule has 1 saturated heterocycles. The molecule has 8 nitrogen and oxygen atoms in total. The van der Waals surface area contributed by atoms with E-state index in [-0.39, 0.29) is 24.8 Å². The number of carbonyl (C=O) groups excluding carboxylic acids is 1. The summed E-state index contributed by atoms with van der Waals surface area (Å²) in [5.74, 6) is 0.799. The second-order valence-electron chi connectivity index (χ2n) is 6.61. The molecule has 28 heavy (non-hydrogen) atoms. The molecule has 1 N–H and O–H groups in total. The van der Waals surface area contributed by atoms with E-state index in [1.54, 1.807) is 4.90 Å². The van der Waals surface area contributed by atoms with Crippen LogP contribution in [0.25, 0.3) is 0 Å². The number of ether oxygens (including phenoxy) is 3. The van der Waals surface area contributed by atoms with E-state index in [1.165, 1.54) is 6.33 Å². The Morgan fingerprint density at radius 2 is 2.21 bits per heavy atom. The first kappa shape index (κ1) is 18.3. The molecule has 2 aliphatic heterocycles. The number of fused-ring (bicyclic) bond motifs is 1. The van der Waals surface area contributed by atoms with Gasteiger partial charge in [-0.3, -0.25) is 0 Å². The average molecular weight is 388 g/mol. The minimum Gasteiger partial charge on any atom is -0.470 e. The van der Waals surface area contributed by atoms with Crippen LogP contribution >= 0.6 is 0 Å². The molecule has 0 bridgehead atoms. The van der Waals surface area contributed by atoms with Crippen LogP contribution in [0.1, 0.15) is 24.6 Å². The van der Waals surface area contributed by atoms with Crippen LogP contribution in [0.3, 0.4) is 0 Å². The van der Waals surface area contributed by atoms with Crippen molar-refractivity contribution in [1.29, 1.82) is 0 Å². The summed E-state index contributed by atoms with van der Waals surface area (Å²) in [5, 5.41) is 2.88. The first-order chi connectivity index (χ1) is 13.6. The molecule has 1 atom stereocenters. The number of nitrogens with one attached hydrogen (secondary N) is 1. The van der Waals surface area contributed by atoms with Gasteiger partial charge in [0, 0.05) is 19.5 Å². The monoisotopic (exact) mass is 388 g/mol. The van der Waals surface area contributed by atoms with Gasteiger partial charge in [-0.15, -0.1) is 0 Å². The fraction of sp³-hybridized carbons (Fsp3) is 0.421.